The average molecular weight is 345 g/mol. The van der Waals surface area contributed by atoms with Crippen molar-refractivity contribution in [3.8, 4) is 16.9 Å². The zero-order chi connectivity index (χ0) is 17.9. The minimum atomic E-state index is -0.498. The number of hydrogen-bond acceptors (Lipinski definition) is 4. The van der Waals surface area contributed by atoms with Gasteiger partial charge < -0.3 is 14.7 Å². The average Bonchev–Trinajstić information content (AvgIpc) is 3.31. The van der Waals surface area contributed by atoms with Crippen LogP contribution in [0.25, 0.3) is 16.9 Å². The zero-order valence-electron chi connectivity index (χ0n) is 13.8. The van der Waals surface area contributed by atoms with Crippen LogP contribution in [0.1, 0.15) is 5.56 Å². The number of para-hydroxylation sites is 1. The van der Waals surface area contributed by atoms with Gasteiger partial charge in [-0.3, -0.25) is 0 Å². The molecule has 0 spiro atoms. The third-order valence-corrected chi connectivity index (χ3v) is 4.02. The maximum absolute atomic E-state index is 10.9. The van der Waals surface area contributed by atoms with Gasteiger partial charge >= 0.3 is 5.82 Å². The van der Waals surface area contributed by atoms with E-state index in [1.807, 2.05) is 71.5 Å². The van der Waals surface area contributed by atoms with Crippen LogP contribution in [0.2, 0.25) is 0 Å². The molecule has 0 saturated heterocycles. The summed E-state index contributed by atoms with van der Waals surface area (Å²) in [6, 6.07) is 19.7. The van der Waals surface area contributed by atoms with Gasteiger partial charge in [-0.05, 0) is 22.0 Å². The van der Waals surface area contributed by atoms with Crippen LogP contribution in [-0.4, -0.2) is 24.3 Å². The first kappa shape index (κ1) is 15.8. The summed E-state index contributed by atoms with van der Waals surface area (Å²) in [5.41, 5.74) is 3.73. The minimum Gasteiger partial charge on any atom is -0.358 e. The molecular weight excluding hydrogens is 330 g/mol. The molecular formula is C19H15N5O2. The third kappa shape index (κ3) is 3.10. The number of aromatic nitrogens is 4. The molecule has 0 saturated carbocycles. The van der Waals surface area contributed by atoms with E-state index in [2.05, 4.69) is 4.98 Å². The van der Waals surface area contributed by atoms with Crippen LogP contribution >= 0.6 is 0 Å². The van der Waals surface area contributed by atoms with Gasteiger partial charge in [-0.25, -0.2) is 4.68 Å². The zero-order valence-corrected chi connectivity index (χ0v) is 13.8. The monoisotopic (exact) mass is 345 g/mol. The Bertz CT molecular complexity index is 1040. The van der Waals surface area contributed by atoms with E-state index in [0.29, 0.717) is 6.54 Å². The van der Waals surface area contributed by atoms with E-state index in [1.54, 1.807) is 4.57 Å². The Kier molecular flexibility index (Phi) is 4.03. The molecule has 0 unspecified atom stereocenters. The highest BCUT2D eigenvalue weighted by Crippen LogP contribution is 2.24. The molecule has 0 N–H and O–H groups in total. The number of benzene rings is 2. The van der Waals surface area contributed by atoms with Gasteiger partial charge in [0, 0.05) is 17.3 Å². The number of hydrogen-bond donors (Lipinski definition) is 0. The van der Waals surface area contributed by atoms with Gasteiger partial charge in [0.25, 0.3) is 0 Å². The Morgan fingerprint density at radius 2 is 1.65 bits per heavy atom. The van der Waals surface area contributed by atoms with E-state index in [-0.39, 0.29) is 5.82 Å². The fourth-order valence-electron chi connectivity index (χ4n) is 2.80. The number of imidazole rings is 1. The molecule has 0 aliphatic carbocycles. The van der Waals surface area contributed by atoms with Crippen molar-refractivity contribution in [3.05, 3.63) is 95.1 Å². The van der Waals surface area contributed by atoms with Crippen molar-refractivity contribution in [2.75, 3.05) is 0 Å². The molecule has 128 valence electrons. The van der Waals surface area contributed by atoms with Crippen LogP contribution in [0.5, 0.6) is 0 Å². The molecule has 2 heterocycles. The highest BCUT2D eigenvalue weighted by Gasteiger charge is 2.15. The first-order valence-corrected chi connectivity index (χ1v) is 8.06. The molecule has 0 bridgehead atoms. The van der Waals surface area contributed by atoms with Crippen molar-refractivity contribution in [3.63, 3.8) is 0 Å². The summed E-state index contributed by atoms with van der Waals surface area (Å²) in [6.45, 7) is 0.442. The normalized spacial score (nSPS) is 10.8. The van der Waals surface area contributed by atoms with Gasteiger partial charge in [0.15, 0.2) is 0 Å². The standard InChI is InChI=1S/C19H15N5O2/c25-24(26)18-13-22(14-20-18)11-16-12-23(17-9-5-2-6-10-17)21-19(16)15-7-3-1-4-8-15/h1-10,12-14H,11H2. The summed E-state index contributed by atoms with van der Waals surface area (Å²) in [5, 5.41) is 15.6. The lowest BCUT2D eigenvalue weighted by atomic mass is 10.1. The fourth-order valence-corrected chi connectivity index (χ4v) is 2.80. The van der Waals surface area contributed by atoms with Crippen molar-refractivity contribution >= 4 is 5.82 Å². The quantitative estimate of drug-likeness (QED) is 0.408. The Morgan fingerprint density at radius 1 is 0.962 bits per heavy atom. The fraction of sp³-hybridized carbons (Fsp3) is 0.0526. The second-order valence-corrected chi connectivity index (χ2v) is 5.81. The molecule has 4 aromatic rings. The Hall–Kier alpha value is -3.74. The molecule has 0 fully saturated rings. The highest BCUT2D eigenvalue weighted by atomic mass is 16.6. The highest BCUT2D eigenvalue weighted by molar-refractivity contribution is 5.63. The number of nitro groups is 1. The molecule has 0 aliphatic rings. The van der Waals surface area contributed by atoms with Gasteiger partial charge in [0.2, 0.25) is 6.33 Å². The molecule has 7 nitrogen and oxygen atoms in total. The van der Waals surface area contributed by atoms with Gasteiger partial charge in [0.1, 0.15) is 6.20 Å². The summed E-state index contributed by atoms with van der Waals surface area (Å²) in [6.07, 6.45) is 4.84. The predicted octanol–water partition coefficient (Wildman–Crippen LogP) is 3.69. The van der Waals surface area contributed by atoms with Gasteiger partial charge in [-0.2, -0.15) is 5.10 Å². The maximum atomic E-state index is 10.9. The first-order chi connectivity index (χ1) is 12.7. The molecule has 0 aliphatic heterocycles. The van der Waals surface area contributed by atoms with Crippen molar-refractivity contribution in [2.45, 2.75) is 6.54 Å². The molecule has 0 amide bonds. The molecule has 2 aromatic heterocycles. The van der Waals surface area contributed by atoms with Gasteiger partial charge in [-0.1, -0.05) is 48.5 Å². The summed E-state index contributed by atoms with van der Waals surface area (Å²) in [7, 11) is 0. The SMILES string of the molecule is O=[N+]([O-])c1cn(Cc2cn(-c3ccccc3)nc2-c2ccccc2)cn1. The molecule has 2 aromatic carbocycles. The molecule has 4 rings (SSSR count). The maximum Gasteiger partial charge on any atom is 0.381 e. The minimum absolute atomic E-state index is 0.165. The lowest BCUT2D eigenvalue weighted by Crippen LogP contribution is -1.97. The summed E-state index contributed by atoms with van der Waals surface area (Å²) >= 11 is 0. The molecule has 7 heteroatoms. The first-order valence-electron chi connectivity index (χ1n) is 8.06. The second kappa shape index (κ2) is 6.64. The van der Waals surface area contributed by atoms with E-state index in [1.165, 1.54) is 12.5 Å². The topological polar surface area (TPSA) is 78.8 Å². The number of rotatable bonds is 5. The van der Waals surface area contributed by atoms with E-state index in [4.69, 9.17) is 5.10 Å². The second-order valence-electron chi connectivity index (χ2n) is 5.81. The van der Waals surface area contributed by atoms with Crippen LogP contribution in [0, 0.1) is 10.1 Å². The Balaban J connectivity index is 1.76. The van der Waals surface area contributed by atoms with E-state index in [0.717, 1.165) is 22.5 Å². The van der Waals surface area contributed by atoms with E-state index < -0.39 is 4.92 Å². The third-order valence-electron chi connectivity index (χ3n) is 4.02. The van der Waals surface area contributed by atoms with Gasteiger partial charge in [-0.15, -0.1) is 0 Å². The van der Waals surface area contributed by atoms with E-state index in [9.17, 15) is 10.1 Å². The molecule has 0 radical (unpaired) electrons. The van der Waals surface area contributed by atoms with Crippen LogP contribution in [-0.2, 0) is 6.54 Å². The van der Waals surface area contributed by atoms with E-state index >= 15 is 0 Å². The Morgan fingerprint density at radius 3 is 2.31 bits per heavy atom. The molecule has 26 heavy (non-hydrogen) atoms. The lowest BCUT2D eigenvalue weighted by molar-refractivity contribution is -0.389. The predicted molar refractivity (Wildman–Crippen MR) is 97.0 cm³/mol. The smallest absolute Gasteiger partial charge is 0.358 e. The van der Waals surface area contributed by atoms with Crippen molar-refractivity contribution in [2.24, 2.45) is 0 Å². The largest absolute Gasteiger partial charge is 0.381 e. The van der Waals surface area contributed by atoms with Crippen LogP contribution in [0.3, 0.4) is 0 Å². The number of nitrogens with zero attached hydrogens (tertiary/aromatic N) is 5. The summed E-state index contributed by atoms with van der Waals surface area (Å²) in [5.74, 6) is -0.165. The van der Waals surface area contributed by atoms with Crippen LogP contribution in [0.4, 0.5) is 5.82 Å². The lowest BCUT2D eigenvalue weighted by Gasteiger charge is -2.02. The van der Waals surface area contributed by atoms with Crippen LogP contribution < -0.4 is 0 Å². The summed E-state index contributed by atoms with van der Waals surface area (Å²) in [4.78, 5) is 14.2. The van der Waals surface area contributed by atoms with Crippen molar-refractivity contribution in [1.29, 1.82) is 0 Å². The van der Waals surface area contributed by atoms with Crippen molar-refractivity contribution < 1.29 is 4.92 Å². The molecule has 0 atom stereocenters. The summed E-state index contributed by atoms with van der Waals surface area (Å²) < 4.78 is 3.51. The Labute approximate surface area is 149 Å². The van der Waals surface area contributed by atoms with Crippen molar-refractivity contribution in [1.82, 2.24) is 19.3 Å². The van der Waals surface area contributed by atoms with Crippen LogP contribution in [0.15, 0.2) is 79.4 Å². The van der Waals surface area contributed by atoms with Gasteiger partial charge in [0.05, 0.1) is 17.9 Å².